The third-order valence-electron chi connectivity index (χ3n) is 2.96. The van der Waals surface area contributed by atoms with Gasteiger partial charge in [-0.1, -0.05) is 19.3 Å². The van der Waals surface area contributed by atoms with Gasteiger partial charge in [-0.25, -0.2) is 0 Å². The molecule has 3 nitrogen and oxygen atoms in total. The smallest absolute Gasteiger partial charge is 0.157 e. The number of aromatic nitrogens is 2. The Kier molecular flexibility index (Phi) is 2.25. The first-order valence-electron chi connectivity index (χ1n) is 5.00. The summed E-state index contributed by atoms with van der Waals surface area (Å²) in [7, 11) is 1.91. The lowest BCUT2D eigenvalue weighted by molar-refractivity contribution is 0.399. The molecule has 1 aliphatic rings. The maximum Gasteiger partial charge on any atom is 0.157 e. The average molecular weight is 180 g/mol. The maximum absolute atomic E-state index is 9.60. The van der Waals surface area contributed by atoms with Crippen LogP contribution in [0.5, 0.6) is 5.75 Å². The van der Waals surface area contributed by atoms with Crippen molar-refractivity contribution in [3.63, 3.8) is 0 Å². The summed E-state index contributed by atoms with van der Waals surface area (Å²) < 4.78 is 1.81. The molecule has 13 heavy (non-hydrogen) atoms. The van der Waals surface area contributed by atoms with E-state index >= 15 is 0 Å². The molecule has 0 spiro atoms. The Morgan fingerprint density at radius 2 is 2.08 bits per heavy atom. The van der Waals surface area contributed by atoms with Crippen LogP contribution < -0.4 is 0 Å². The Balaban J connectivity index is 2.22. The third kappa shape index (κ3) is 1.55. The zero-order chi connectivity index (χ0) is 9.26. The highest BCUT2D eigenvalue weighted by atomic mass is 16.3. The molecule has 0 atom stereocenters. The van der Waals surface area contributed by atoms with Crippen LogP contribution in [0, 0.1) is 0 Å². The van der Waals surface area contributed by atoms with Crippen LogP contribution in [-0.2, 0) is 7.05 Å². The molecule has 72 valence electrons. The number of hydrogen-bond donors (Lipinski definition) is 1. The minimum absolute atomic E-state index is 0.370. The van der Waals surface area contributed by atoms with Crippen LogP contribution in [-0.4, -0.2) is 14.9 Å². The highest BCUT2D eigenvalue weighted by Gasteiger charge is 2.21. The zero-order valence-electron chi connectivity index (χ0n) is 8.03. The van der Waals surface area contributed by atoms with Crippen LogP contribution in [0.3, 0.4) is 0 Å². The van der Waals surface area contributed by atoms with Crippen molar-refractivity contribution < 1.29 is 5.11 Å². The number of aryl methyl sites for hydroxylation is 1. The molecule has 0 aromatic carbocycles. The Morgan fingerprint density at radius 3 is 2.62 bits per heavy atom. The van der Waals surface area contributed by atoms with Crippen molar-refractivity contribution in [3.05, 3.63) is 11.9 Å². The van der Waals surface area contributed by atoms with Gasteiger partial charge in [-0.05, 0) is 12.8 Å². The van der Waals surface area contributed by atoms with Gasteiger partial charge in [-0.15, -0.1) is 0 Å². The van der Waals surface area contributed by atoms with Crippen LogP contribution in [0.1, 0.15) is 43.7 Å². The molecule has 1 N–H and O–H groups in total. The summed E-state index contributed by atoms with van der Waals surface area (Å²) in [6.07, 6.45) is 7.86. The molecule has 1 aliphatic carbocycles. The van der Waals surface area contributed by atoms with Crippen LogP contribution in [0.2, 0.25) is 0 Å². The minimum Gasteiger partial charge on any atom is -0.504 e. The minimum atomic E-state index is 0.370. The fourth-order valence-corrected chi connectivity index (χ4v) is 2.28. The fourth-order valence-electron chi connectivity index (χ4n) is 2.28. The first-order valence-corrected chi connectivity index (χ1v) is 5.00. The monoisotopic (exact) mass is 180 g/mol. The van der Waals surface area contributed by atoms with E-state index in [1.54, 1.807) is 6.20 Å². The highest BCUT2D eigenvalue weighted by molar-refractivity contribution is 5.27. The number of hydrogen-bond acceptors (Lipinski definition) is 2. The van der Waals surface area contributed by atoms with Crippen molar-refractivity contribution in [2.24, 2.45) is 7.05 Å². The van der Waals surface area contributed by atoms with Gasteiger partial charge in [0.15, 0.2) is 5.75 Å². The summed E-state index contributed by atoms with van der Waals surface area (Å²) in [4.78, 5) is 0. The van der Waals surface area contributed by atoms with E-state index in [0.717, 1.165) is 5.69 Å². The summed E-state index contributed by atoms with van der Waals surface area (Å²) >= 11 is 0. The maximum atomic E-state index is 9.60. The van der Waals surface area contributed by atoms with Crippen molar-refractivity contribution in [2.45, 2.75) is 38.0 Å². The van der Waals surface area contributed by atoms with E-state index < -0.39 is 0 Å². The summed E-state index contributed by atoms with van der Waals surface area (Å²) in [6.45, 7) is 0. The van der Waals surface area contributed by atoms with Crippen LogP contribution >= 0.6 is 0 Å². The van der Waals surface area contributed by atoms with E-state index in [0.29, 0.717) is 11.7 Å². The van der Waals surface area contributed by atoms with Crippen LogP contribution in [0.4, 0.5) is 0 Å². The lowest BCUT2D eigenvalue weighted by Gasteiger charge is -2.21. The van der Waals surface area contributed by atoms with Crippen molar-refractivity contribution >= 4 is 0 Å². The molecule has 0 amide bonds. The summed E-state index contributed by atoms with van der Waals surface area (Å²) in [5.74, 6) is 0.899. The Hall–Kier alpha value is -0.990. The predicted octanol–water partition coefficient (Wildman–Crippen LogP) is 2.17. The second-order valence-electron chi connectivity index (χ2n) is 3.87. The van der Waals surface area contributed by atoms with Crippen molar-refractivity contribution in [2.75, 3.05) is 0 Å². The van der Waals surface area contributed by atoms with Gasteiger partial charge in [0.2, 0.25) is 0 Å². The average Bonchev–Trinajstić information content (AvgIpc) is 2.48. The Labute approximate surface area is 78.4 Å². The summed E-state index contributed by atoms with van der Waals surface area (Å²) in [6, 6.07) is 0. The topological polar surface area (TPSA) is 38.0 Å². The van der Waals surface area contributed by atoms with Gasteiger partial charge in [-0.2, -0.15) is 5.10 Å². The molecule has 1 aromatic rings. The Bertz CT molecular complexity index is 268. The van der Waals surface area contributed by atoms with E-state index in [9.17, 15) is 5.11 Å². The van der Waals surface area contributed by atoms with E-state index in [2.05, 4.69) is 5.10 Å². The Morgan fingerprint density at radius 1 is 1.38 bits per heavy atom. The van der Waals surface area contributed by atoms with Gasteiger partial charge in [0.05, 0.1) is 11.9 Å². The predicted molar refractivity (Wildman–Crippen MR) is 50.7 cm³/mol. The second-order valence-corrected chi connectivity index (χ2v) is 3.87. The van der Waals surface area contributed by atoms with Crippen molar-refractivity contribution in [3.8, 4) is 5.75 Å². The molecule has 1 heterocycles. The lowest BCUT2D eigenvalue weighted by atomic mass is 9.86. The number of aromatic hydroxyl groups is 1. The summed E-state index contributed by atoms with van der Waals surface area (Å²) in [5.41, 5.74) is 1.03. The van der Waals surface area contributed by atoms with Gasteiger partial charge >= 0.3 is 0 Å². The van der Waals surface area contributed by atoms with Gasteiger partial charge in [-0.3, -0.25) is 4.68 Å². The summed E-state index contributed by atoms with van der Waals surface area (Å²) in [5, 5.41) is 13.7. The SMILES string of the molecule is Cn1ncc(O)c1C1CCCCC1. The molecule has 2 rings (SSSR count). The molecular weight excluding hydrogens is 164 g/mol. The van der Waals surface area contributed by atoms with E-state index in [1.165, 1.54) is 32.1 Å². The zero-order valence-corrected chi connectivity index (χ0v) is 8.03. The molecule has 1 aromatic heterocycles. The molecular formula is C10H16N2O. The van der Waals surface area contributed by atoms with E-state index in [1.807, 2.05) is 11.7 Å². The van der Waals surface area contributed by atoms with Gasteiger partial charge in [0, 0.05) is 13.0 Å². The molecule has 1 saturated carbocycles. The highest BCUT2D eigenvalue weighted by Crippen LogP contribution is 2.36. The molecule has 0 radical (unpaired) electrons. The molecule has 1 fully saturated rings. The lowest BCUT2D eigenvalue weighted by Crippen LogP contribution is -2.09. The normalized spacial score (nSPS) is 19.2. The first-order chi connectivity index (χ1) is 6.29. The van der Waals surface area contributed by atoms with E-state index in [-0.39, 0.29) is 0 Å². The molecule has 0 saturated heterocycles. The van der Waals surface area contributed by atoms with Gasteiger partial charge < -0.3 is 5.11 Å². The second kappa shape index (κ2) is 3.40. The van der Waals surface area contributed by atoms with Crippen molar-refractivity contribution in [1.29, 1.82) is 0 Å². The molecule has 0 bridgehead atoms. The quantitative estimate of drug-likeness (QED) is 0.719. The van der Waals surface area contributed by atoms with E-state index in [4.69, 9.17) is 0 Å². The van der Waals surface area contributed by atoms with Crippen LogP contribution in [0.25, 0.3) is 0 Å². The molecule has 3 heteroatoms. The number of rotatable bonds is 1. The first kappa shape index (κ1) is 8.60. The van der Waals surface area contributed by atoms with Crippen LogP contribution in [0.15, 0.2) is 6.20 Å². The third-order valence-corrected chi connectivity index (χ3v) is 2.96. The fraction of sp³-hybridized carbons (Fsp3) is 0.700. The van der Waals surface area contributed by atoms with Gasteiger partial charge in [0.25, 0.3) is 0 Å². The molecule has 0 unspecified atom stereocenters. The van der Waals surface area contributed by atoms with Crippen molar-refractivity contribution in [1.82, 2.24) is 9.78 Å². The standard InChI is InChI=1S/C10H16N2O/c1-12-10(9(13)7-11-12)8-5-3-2-4-6-8/h7-8,13H,2-6H2,1H3. The largest absolute Gasteiger partial charge is 0.504 e. The molecule has 0 aliphatic heterocycles. The number of nitrogens with zero attached hydrogens (tertiary/aromatic N) is 2. The van der Waals surface area contributed by atoms with Gasteiger partial charge in [0.1, 0.15) is 0 Å².